The first kappa shape index (κ1) is 25.8. The van der Waals surface area contributed by atoms with E-state index < -0.39 is 0 Å². The van der Waals surface area contributed by atoms with Crippen LogP contribution < -0.4 is 10.2 Å². The second-order valence-corrected chi connectivity index (χ2v) is 10.5. The number of aliphatic hydroxyl groups excluding tert-OH is 1. The molecule has 2 unspecified atom stereocenters. The Morgan fingerprint density at radius 2 is 1.79 bits per heavy atom. The van der Waals surface area contributed by atoms with Crippen LogP contribution in [0.15, 0.2) is 60.8 Å². The number of carbonyl (C=O) groups is 1. The molecule has 1 aromatic carbocycles. The standard InChI is InChI=1S/C31H35N5O2/c1-5-22-13-23(10-9-19(22)2)31(38)33-16-25-14-28-24(15-32-25)11-12-27(34-28)26-7-6-8-29(35-26)36-17-20(3)30(37)21(4)18-36/h6-15,20-21,30,37H,5,16-18H2,1-4H3,(H,33,38). The lowest BCUT2D eigenvalue weighted by Crippen LogP contribution is -2.47. The molecule has 7 nitrogen and oxygen atoms in total. The van der Waals surface area contributed by atoms with Gasteiger partial charge in [-0.3, -0.25) is 9.78 Å². The summed E-state index contributed by atoms with van der Waals surface area (Å²) in [7, 11) is 0. The third-order valence-electron chi connectivity index (χ3n) is 7.56. The van der Waals surface area contributed by atoms with Crippen LogP contribution in [0.3, 0.4) is 0 Å². The molecular weight excluding hydrogens is 474 g/mol. The number of benzene rings is 1. The molecule has 7 heteroatoms. The van der Waals surface area contributed by atoms with Gasteiger partial charge in [0.15, 0.2) is 0 Å². The number of hydrogen-bond acceptors (Lipinski definition) is 6. The van der Waals surface area contributed by atoms with Crippen molar-refractivity contribution in [2.75, 3.05) is 18.0 Å². The lowest BCUT2D eigenvalue weighted by molar-refractivity contribution is 0.0527. The van der Waals surface area contributed by atoms with Crippen molar-refractivity contribution < 1.29 is 9.90 Å². The van der Waals surface area contributed by atoms with Crippen molar-refractivity contribution in [3.8, 4) is 11.4 Å². The van der Waals surface area contributed by atoms with Crippen LogP contribution in [0.1, 0.15) is 48.0 Å². The minimum atomic E-state index is -0.283. The van der Waals surface area contributed by atoms with Crippen LogP contribution in [0.4, 0.5) is 5.82 Å². The van der Waals surface area contributed by atoms with Gasteiger partial charge in [0.2, 0.25) is 0 Å². The molecule has 196 valence electrons. The number of aromatic nitrogens is 3. The van der Waals surface area contributed by atoms with E-state index in [0.717, 1.165) is 53.3 Å². The zero-order chi connectivity index (χ0) is 26.8. The number of carbonyl (C=O) groups excluding carboxylic acids is 1. The molecule has 1 amide bonds. The Morgan fingerprint density at radius 3 is 2.55 bits per heavy atom. The van der Waals surface area contributed by atoms with E-state index in [1.165, 1.54) is 11.1 Å². The third-order valence-corrected chi connectivity index (χ3v) is 7.56. The zero-order valence-corrected chi connectivity index (χ0v) is 22.5. The number of piperidine rings is 1. The molecule has 0 spiro atoms. The Morgan fingerprint density at radius 1 is 1.03 bits per heavy atom. The summed E-state index contributed by atoms with van der Waals surface area (Å²) in [5.74, 6) is 1.16. The van der Waals surface area contributed by atoms with E-state index in [9.17, 15) is 9.90 Å². The molecule has 1 saturated heterocycles. The number of fused-ring (bicyclic) bond motifs is 1. The summed E-state index contributed by atoms with van der Waals surface area (Å²) in [5.41, 5.74) is 6.17. The van der Waals surface area contributed by atoms with E-state index in [0.29, 0.717) is 12.1 Å². The number of aliphatic hydroxyl groups is 1. The monoisotopic (exact) mass is 509 g/mol. The number of amides is 1. The highest BCUT2D eigenvalue weighted by Gasteiger charge is 2.31. The zero-order valence-electron chi connectivity index (χ0n) is 22.5. The summed E-state index contributed by atoms with van der Waals surface area (Å²) in [6.45, 7) is 10.2. The molecule has 0 saturated carbocycles. The van der Waals surface area contributed by atoms with Crippen LogP contribution in [-0.4, -0.2) is 45.2 Å². The lowest BCUT2D eigenvalue weighted by atomic mass is 9.88. The number of rotatable bonds is 6. The fourth-order valence-corrected chi connectivity index (χ4v) is 5.24. The molecule has 5 rings (SSSR count). The molecule has 0 bridgehead atoms. The van der Waals surface area contributed by atoms with Crippen molar-refractivity contribution in [1.29, 1.82) is 0 Å². The van der Waals surface area contributed by atoms with Crippen LogP contribution in [0.5, 0.6) is 0 Å². The van der Waals surface area contributed by atoms with Gasteiger partial charge in [-0.2, -0.15) is 0 Å². The first-order valence-electron chi connectivity index (χ1n) is 13.4. The minimum absolute atomic E-state index is 0.113. The summed E-state index contributed by atoms with van der Waals surface area (Å²) in [5, 5.41) is 14.3. The first-order valence-corrected chi connectivity index (χ1v) is 13.4. The van der Waals surface area contributed by atoms with Crippen molar-refractivity contribution in [2.45, 2.75) is 46.8 Å². The van der Waals surface area contributed by atoms with E-state index in [1.807, 2.05) is 54.6 Å². The Hall–Kier alpha value is -3.84. The Bertz CT molecular complexity index is 1460. The van der Waals surface area contributed by atoms with Gasteiger partial charge in [0, 0.05) is 30.2 Å². The van der Waals surface area contributed by atoms with Crippen molar-refractivity contribution in [2.24, 2.45) is 11.8 Å². The van der Waals surface area contributed by atoms with E-state index >= 15 is 0 Å². The van der Waals surface area contributed by atoms with Gasteiger partial charge in [0.1, 0.15) is 5.82 Å². The third kappa shape index (κ3) is 5.38. The number of hydrogen-bond donors (Lipinski definition) is 2. The summed E-state index contributed by atoms with van der Waals surface area (Å²) < 4.78 is 0. The predicted molar refractivity (Wildman–Crippen MR) is 151 cm³/mol. The number of nitrogens with one attached hydrogen (secondary N) is 1. The first-order chi connectivity index (χ1) is 18.3. The molecule has 2 N–H and O–H groups in total. The molecule has 4 heterocycles. The molecule has 38 heavy (non-hydrogen) atoms. The van der Waals surface area contributed by atoms with Gasteiger partial charge < -0.3 is 15.3 Å². The topological polar surface area (TPSA) is 91.2 Å². The second kappa shape index (κ2) is 10.9. The van der Waals surface area contributed by atoms with Gasteiger partial charge >= 0.3 is 0 Å². The van der Waals surface area contributed by atoms with Gasteiger partial charge in [-0.15, -0.1) is 0 Å². The van der Waals surface area contributed by atoms with E-state index in [1.54, 1.807) is 6.20 Å². The lowest BCUT2D eigenvalue weighted by Gasteiger charge is -2.39. The van der Waals surface area contributed by atoms with E-state index in [2.05, 4.69) is 42.9 Å². The molecular formula is C31H35N5O2. The van der Waals surface area contributed by atoms with Crippen LogP contribution >= 0.6 is 0 Å². The molecule has 4 aromatic rings. The van der Waals surface area contributed by atoms with Crippen molar-refractivity contribution in [3.05, 3.63) is 83.2 Å². The highest BCUT2D eigenvalue weighted by molar-refractivity contribution is 5.94. The number of anilines is 1. The number of nitrogens with zero attached hydrogens (tertiary/aromatic N) is 4. The summed E-state index contributed by atoms with van der Waals surface area (Å²) in [6, 6.07) is 17.7. The molecule has 0 radical (unpaired) electrons. The van der Waals surface area contributed by atoms with Crippen LogP contribution in [0.25, 0.3) is 22.3 Å². The van der Waals surface area contributed by atoms with Gasteiger partial charge in [-0.05, 0) is 78.8 Å². The normalized spacial score (nSPS) is 19.5. The highest BCUT2D eigenvalue weighted by atomic mass is 16.3. The Kier molecular flexibility index (Phi) is 7.38. The molecule has 0 aliphatic carbocycles. The Labute approximate surface area is 224 Å². The predicted octanol–water partition coefficient (Wildman–Crippen LogP) is 4.95. The smallest absolute Gasteiger partial charge is 0.251 e. The maximum absolute atomic E-state index is 12.7. The van der Waals surface area contributed by atoms with Crippen molar-refractivity contribution in [3.63, 3.8) is 0 Å². The molecule has 1 fully saturated rings. The highest BCUT2D eigenvalue weighted by Crippen LogP contribution is 2.28. The van der Waals surface area contributed by atoms with E-state index in [4.69, 9.17) is 9.97 Å². The SMILES string of the molecule is CCc1cc(C(=O)NCc2cc3nc(-c4cccc(N5CC(C)C(O)C(C)C5)n4)ccc3cn2)ccc1C. The summed E-state index contributed by atoms with van der Waals surface area (Å²) >= 11 is 0. The number of pyridine rings is 3. The van der Waals surface area contributed by atoms with E-state index in [-0.39, 0.29) is 23.8 Å². The molecule has 1 aliphatic rings. The van der Waals surface area contributed by atoms with Gasteiger partial charge in [-0.1, -0.05) is 32.9 Å². The number of aryl methyl sites for hydroxylation is 2. The van der Waals surface area contributed by atoms with Crippen LogP contribution in [0, 0.1) is 18.8 Å². The van der Waals surface area contributed by atoms with Crippen LogP contribution in [-0.2, 0) is 13.0 Å². The average molecular weight is 510 g/mol. The molecule has 3 aromatic heterocycles. The molecule has 2 atom stereocenters. The molecule has 1 aliphatic heterocycles. The second-order valence-electron chi connectivity index (χ2n) is 10.5. The largest absolute Gasteiger partial charge is 0.392 e. The fourth-order valence-electron chi connectivity index (χ4n) is 5.24. The maximum atomic E-state index is 12.7. The average Bonchev–Trinajstić information content (AvgIpc) is 2.94. The van der Waals surface area contributed by atoms with Crippen LogP contribution in [0.2, 0.25) is 0 Å². The fraction of sp³-hybridized carbons (Fsp3) is 0.355. The Balaban J connectivity index is 1.33. The maximum Gasteiger partial charge on any atom is 0.251 e. The summed E-state index contributed by atoms with van der Waals surface area (Å²) in [4.78, 5) is 29.3. The van der Waals surface area contributed by atoms with Gasteiger partial charge in [0.25, 0.3) is 5.91 Å². The minimum Gasteiger partial charge on any atom is -0.392 e. The van der Waals surface area contributed by atoms with Crippen molar-refractivity contribution >= 4 is 22.6 Å². The van der Waals surface area contributed by atoms with Gasteiger partial charge in [-0.25, -0.2) is 9.97 Å². The van der Waals surface area contributed by atoms with Crippen molar-refractivity contribution in [1.82, 2.24) is 20.3 Å². The quantitative estimate of drug-likeness (QED) is 0.382. The summed E-state index contributed by atoms with van der Waals surface area (Å²) in [6.07, 6.45) is 2.40. The van der Waals surface area contributed by atoms with Gasteiger partial charge in [0.05, 0.1) is 35.2 Å².